The van der Waals surface area contributed by atoms with E-state index in [1.165, 1.54) is 57.8 Å². The fourth-order valence-electron chi connectivity index (χ4n) is 4.11. The Kier molecular flexibility index (Phi) is 13.4. The Morgan fingerprint density at radius 2 is 1.18 bits per heavy atom. The highest BCUT2D eigenvalue weighted by atomic mass is 16.5. The van der Waals surface area contributed by atoms with Gasteiger partial charge >= 0.3 is 5.97 Å². The van der Waals surface area contributed by atoms with Crippen molar-refractivity contribution in [3.63, 3.8) is 0 Å². The van der Waals surface area contributed by atoms with E-state index in [4.69, 9.17) is 9.47 Å². The summed E-state index contributed by atoms with van der Waals surface area (Å²) in [5.41, 5.74) is 3.31. The second-order valence-corrected chi connectivity index (χ2v) is 9.00. The van der Waals surface area contributed by atoms with E-state index in [1.807, 2.05) is 38.1 Å². The zero-order valence-electron chi connectivity index (χ0n) is 21.1. The van der Waals surface area contributed by atoms with Crippen LogP contribution in [0.5, 0.6) is 5.75 Å². The molecule has 0 amide bonds. The van der Waals surface area contributed by atoms with Crippen molar-refractivity contribution in [1.82, 2.24) is 0 Å². The van der Waals surface area contributed by atoms with Crippen molar-refractivity contribution >= 4 is 5.97 Å². The highest BCUT2D eigenvalue weighted by Gasteiger charge is 2.12. The average Bonchev–Trinajstić information content (AvgIpc) is 2.83. The minimum Gasteiger partial charge on any atom is -0.494 e. The van der Waals surface area contributed by atoms with E-state index in [0.717, 1.165) is 35.3 Å². The largest absolute Gasteiger partial charge is 0.494 e. The van der Waals surface area contributed by atoms with Gasteiger partial charge in [-0.05, 0) is 49.1 Å². The zero-order chi connectivity index (χ0) is 23.7. The summed E-state index contributed by atoms with van der Waals surface area (Å²) in [5, 5.41) is 0. The SMILES string of the molecule is CCCCCCCCCCCCCC(=O)OC(C)c1ccc(-c2ccc(OCC)cc2)cc1. The summed E-state index contributed by atoms with van der Waals surface area (Å²) >= 11 is 0. The number of ether oxygens (including phenoxy) is 2. The van der Waals surface area contributed by atoms with Crippen molar-refractivity contribution in [2.45, 2.75) is 104 Å². The number of benzene rings is 2. The van der Waals surface area contributed by atoms with E-state index in [1.54, 1.807) is 0 Å². The lowest BCUT2D eigenvalue weighted by Gasteiger charge is -2.14. The average molecular weight is 453 g/mol. The number of esters is 1. The van der Waals surface area contributed by atoms with E-state index in [-0.39, 0.29) is 12.1 Å². The molecule has 0 fully saturated rings. The highest BCUT2D eigenvalue weighted by molar-refractivity contribution is 5.69. The van der Waals surface area contributed by atoms with Gasteiger partial charge in [-0.3, -0.25) is 4.79 Å². The molecule has 182 valence electrons. The molecular formula is C30H44O3. The van der Waals surface area contributed by atoms with Crippen molar-refractivity contribution in [3.8, 4) is 16.9 Å². The normalized spacial score (nSPS) is 11.8. The number of hydrogen-bond acceptors (Lipinski definition) is 3. The third-order valence-corrected chi connectivity index (χ3v) is 6.17. The van der Waals surface area contributed by atoms with Crippen LogP contribution in [0.15, 0.2) is 48.5 Å². The third kappa shape index (κ3) is 10.9. The van der Waals surface area contributed by atoms with Crippen molar-refractivity contribution in [2.24, 2.45) is 0 Å². The minimum absolute atomic E-state index is 0.0889. The molecule has 2 aromatic carbocycles. The van der Waals surface area contributed by atoms with Gasteiger partial charge in [-0.2, -0.15) is 0 Å². The van der Waals surface area contributed by atoms with Crippen LogP contribution in [0.3, 0.4) is 0 Å². The first-order chi connectivity index (χ1) is 16.1. The molecule has 0 N–H and O–H groups in total. The van der Waals surface area contributed by atoms with E-state index >= 15 is 0 Å². The smallest absolute Gasteiger partial charge is 0.306 e. The van der Waals surface area contributed by atoms with Gasteiger partial charge in [0, 0.05) is 6.42 Å². The second-order valence-electron chi connectivity index (χ2n) is 9.00. The predicted molar refractivity (Wildman–Crippen MR) is 139 cm³/mol. The molecule has 0 radical (unpaired) electrons. The maximum atomic E-state index is 12.2. The van der Waals surface area contributed by atoms with Gasteiger partial charge in [0.2, 0.25) is 0 Å². The summed E-state index contributed by atoms with van der Waals surface area (Å²) in [6, 6.07) is 16.4. The first-order valence-corrected chi connectivity index (χ1v) is 13.2. The van der Waals surface area contributed by atoms with Gasteiger partial charge in [0.25, 0.3) is 0 Å². The molecule has 0 aliphatic carbocycles. The van der Waals surface area contributed by atoms with Gasteiger partial charge < -0.3 is 9.47 Å². The molecule has 1 unspecified atom stereocenters. The molecule has 33 heavy (non-hydrogen) atoms. The molecule has 1 atom stereocenters. The summed E-state index contributed by atoms with van der Waals surface area (Å²) in [7, 11) is 0. The third-order valence-electron chi connectivity index (χ3n) is 6.17. The molecule has 0 aromatic heterocycles. The molecule has 0 bridgehead atoms. The summed E-state index contributed by atoms with van der Waals surface area (Å²) in [6.07, 6.45) is 14.4. The molecule has 0 aliphatic heterocycles. The summed E-state index contributed by atoms with van der Waals surface area (Å²) < 4.78 is 11.2. The Hall–Kier alpha value is -2.29. The van der Waals surface area contributed by atoms with Crippen molar-refractivity contribution in [1.29, 1.82) is 0 Å². The molecule has 0 spiro atoms. The molecule has 0 saturated carbocycles. The summed E-state index contributed by atoms with van der Waals surface area (Å²) in [4.78, 5) is 12.2. The topological polar surface area (TPSA) is 35.5 Å². The van der Waals surface area contributed by atoms with Gasteiger partial charge in [0.05, 0.1) is 6.61 Å². The van der Waals surface area contributed by atoms with E-state index < -0.39 is 0 Å². The van der Waals surface area contributed by atoms with Crippen molar-refractivity contribution in [2.75, 3.05) is 6.61 Å². The van der Waals surface area contributed by atoms with Gasteiger partial charge in [-0.25, -0.2) is 0 Å². The van der Waals surface area contributed by atoms with Gasteiger partial charge in [0.1, 0.15) is 11.9 Å². The summed E-state index contributed by atoms with van der Waals surface area (Å²) in [6.45, 7) is 6.87. The first kappa shape index (κ1) is 27.0. The molecule has 3 heteroatoms. The molecule has 3 nitrogen and oxygen atoms in total. The maximum absolute atomic E-state index is 12.2. The quantitative estimate of drug-likeness (QED) is 0.177. The van der Waals surface area contributed by atoms with E-state index in [2.05, 4.69) is 31.2 Å². The van der Waals surface area contributed by atoms with Crippen LogP contribution < -0.4 is 4.74 Å². The summed E-state index contributed by atoms with van der Waals surface area (Å²) in [5.74, 6) is 0.797. The Bertz CT molecular complexity index is 764. The van der Waals surface area contributed by atoms with Crippen LogP contribution in [0.25, 0.3) is 11.1 Å². The Labute approximate surface area is 201 Å². The van der Waals surface area contributed by atoms with Crippen LogP contribution in [-0.4, -0.2) is 12.6 Å². The van der Waals surface area contributed by atoms with Crippen LogP contribution in [0, 0.1) is 0 Å². The van der Waals surface area contributed by atoms with Crippen molar-refractivity contribution < 1.29 is 14.3 Å². The fraction of sp³-hybridized carbons (Fsp3) is 0.567. The number of carbonyl (C=O) groups is 1. The van der Waals surface area contributed by atoms with Gasteiger partial charge in [-0.15, -0.1) is 0 Å². The predicted octanol–water partition coefficient (Wildman–Crippen LogP) is 9.06. The number of carbonyl (C=O) groups excluding carboxylic acids is 1. The lowest BCUT2D eigenvalue weighted by molar-refractivity contribution is -0.148. The van der Waals surface area contributed by atoms with Gasteiger partial charge in [0.15, 0.2) is 0 Å². The first-order valence-electron chi connectivity index (χ1n) is 13.2. The van der Waals surface area contributed by atoms with Crippen LogP contribution in [0.2, 0.25) is 0 Å². The molecule has 0 heterocycles. The molecular weight excluding hydrogens is 408 g/mol. The maximum Gasteiger partial charge on any atom is 0.306 e. The minimum atomic E-state index is -0.223. The van der Waals surface area contributed by atoms with Crippen LogP contribution in [-0.2, 0) is 9.53 Å². The molecule has 2 aromatic rings. The zero-order valence-corrected chi connectivity index (χ0v) is 21.1. The Morgan fingerprint density at radius 3 is 1.70 bits per heavy atom. The second kappa shape index (κ2) is 16.3. The Morgan fingerprint density at radius 1 is 0.697 bits per heavy atom. The number of rotatable bonds is 17. The van der Waals surface area contributed by atoms with Gasteiger partial charge in [-0.1, -0.05) is 108 Å². The number of hydrogen-bond donors (Lipinski definition) is 0. The lowest BCUT2D eigenvalue weighted by Crippen LogP contribution is -2.08. The molecule has 0 saturated heterocycles. The fourth-order valence-corrected chi connectivity index (χ4v) is 4.11. The standard InChI is InChI=1S/C30H44O3/c1-4-6-7-8-9-10-11-12-13-14-15-16-30(31)33-25(3)26-17-19-27(20-18-26)28-21-23-29(24-22-28)32-5-2/h17-25H,4-16H2,1-3H3. The number of unbranched alkanes of at least 4 members (excludes halogenated alkanes) is 10. The monoisotopic (exact) mass is 452 g/mol. The van der Waals surface area contributed by atoms with E-state index in [9.17, 15) is 4.79 Å². The lowest BCUT2D eigenvalue weighted by atomic mass is 10.0. The molecule has 0 aliphatic rings. The van der Waals surface area contributed by atoms with Crippen LogP contribution in [0.1, 0.15) is 109 Å². The van der Waals surface area contributed by atoms with Crippen LogP contribution >= 0.6 is 0 Å². The van der Waals surface area contributed by atoms with Crippen LogP contribution in [0.4, 0.5) is 0 Å². The Balaban J connectivity index is 1.61. The molecule has 2 rings (SSSR count). The highest BCUT2D eigenvalue weighted by Crippen LogP contribution is 2.25. The van der Waals surface area contributed by atoms with E-state index in [0.29, 0.717) is 13.0 Å². The van der Waals surface area contributed by atoms with Crippen molar-refractivity contribution in [3.05, 3.63) is 54.1 Å².